The Kier molecular flexibility index (Phi) is 7.83. The molecule has 0 aliphatic carbocycles. The van der Waals surface area contributed by atoms with Crippen LogP contribution in [0.25, 0.3) is 0 Å². The molecule has 0 spiro atoms. The topological polar surface area (TPSA) is 95.0 Å². The highest BCUT2D eigenvalue weighted by molar-refractivity contribution is 7.10. The number of methoxy groups -OCH3 is 1. The summed E-state index contributed by atoms with van der Waals surface area (Å²) in [5.41, 5.74) is 0.552. The fourth-order valence-corrected chi connectivity index (χ4v) is 3.37. The summed E-state index contributed by atoms with van der Waals surface area (Å²) in [5.74, 6) is 1.04. The van der Waals surface area contributed by atoms with Crippen molar-refractivity contribution in [3.05, 3.63) is 46.2 Å². The molecule has 1 atom stereocenters. The first kappa shape index (κ1) is 21.7. The molecule has 0 fully saturated rings. The lowest BCUT2D eigenvalue weighted by Crippen LogP contribution is -2.44. The van der Waals surface area contributed by atoms with Gasteiger partial charge >= 0.3 is 0 Å². The Morgan fingerprint density at radius 2 is 2.11 bits per heavy atom. The highest BCUT2D eigenvalue weighted by atomic mass is 32.1. The molecule has 0 radical (unpaired) electrons. The van der Waals surface area contributed by atoms with E-state index < -0.39 is 5.60 Å². The molecule has 4 N–H and O–H groups in total. The first-order chi connectivity index (χ1) is 13.4. The van der Waals surface area contributed by atoms with Gasteiger partial charge in [0.2, 0.25) is 5.91 Å². The average Bonchev–Trinajstić information content (AvgIpc) is 3.19. The van der Waals surface area contributed by atoms with Gasteiger partial charge in [-0.3, -0.25) is 4.79 Å². The molecule has 2 rings (SSSR count). The minimum absolute atomic E-state index is 0.162. The molecule has 0 aliphatic heterocycles. The first-order valence-electron chi connectivity index (χ1n) is 9.08. The molecule has 0 bridgehead atoms. The summed E-state index contributed by atoms with van der Waals surface area (Å²) in [5, 5.41) is 21.7. The number of rotatable bonds is 8. The van der Waals surface area contributed by atoms with Crippen LogP contribution in [0.2, 0.25) is 0 Å². The minimum atomic E-state index is -0.983. The SMILES string of the molecule is CCNC(=NCc1ccc(OC)c(NC(C)=O)c1)NCC(C)(O)c1cccs1. The molecule has 0 saturated carbocycles. The Morgan fingerprint density at radius 1 is 1.32 bits per heavy atom. The van der Waals surface area contributed by atoms with Crippen molar-refractivity contribution in [3.8, 4) is 5.75 Å². The second-order valence-electron chi connectivity index (χ2n) is 6.52. The average molecular weight is 405 g/mol. The number of benzene rings is 1. The van der Waals surface area contributed by atoms with Crippen molar-refractivity contribution in [2.75, 3.05) is 25.5 Å². The molecular formula is C20H28N4O3S. The van der Waals surface area contributed by atoms with Crippen LogP contribution in [-0.2, 0) is 16.9 Å². The Hall–Kier alpha value is -2.58. The van der Waals surface area contributed by atoms with Crippen LogP contribution in [0.4, 0.5) is 5.69 Å². The molecule has 1 aromatic heterocycles. The van der Waals surface area contributed by atoms with Gasteiger partial charge in [0.1, 0.15) is 11.4 Å². The molecule has 28 heavy (non-hydrogen) atoms. The minimum Gasteiger partial charge on any atom is -0.495 e. The van der Waals surface area contributed by atoms with Gasteiger partial charge in [-0.05, 0) is 43.0 Å². The van der Waals surface area contributed by atoms with Crippen molar-refractivity contribution in [2.45, 2.75) is 32.9 Å². The van der Waals surface area contributed by atoms with Crippen molar-refractivity contribution >= 4 is 28.9 Å². The van der Waals surface area contributed by atoms with Gasteiger partial charge in [0.05, 0.1) is 25.9 Å². The lowest BCUT2D eigenvalue weighted by atomic mass is 10.1. The smallest absolute Gasteiger partial charge is 0.221 e. The van der Waals surface area contributed by atoms with Crippen LogP contribution in [0.5, 0.6) is 5.75 Å². The summed E-state index contributed by atoms with van der Waals surface area (Å²) in [6.07, 6.45) is 0. The number of hydrogen-bond acceptors (Lipinski definition) is 5. The number of thiophene rings is 1. The van der Waals surface area contributed by atoms with E-state index in [9.17, 15) is 9.90 Å². The lowest BCUT2D eigenvalue weighted by Gasteiger charge is -2.23. The van der Waals surface area contributed by atoms with Crippen LogP contribution in [0, 0.1) is 0 Å². The summed E-state index contributed by atoms with van der Waals surface area (Å²) in [7, 11) is 1.56. The van der Waals surface area contributed by atoms with E-state index >= 15 is 0 Å². The van der Waals surface area contributed by atoms with Crippen LogP contribution in [0.15, 0.2) is 40.7 Å². The molecule has 7 nitrogen and oxygen atoms in total. The third-order valence-electron chi connectivity index (χ3n) is 3.99. The summed E-state index contributed by atoms with van der Waals surface area (Å²) in [4.78, 5) is 16.9. The molecule has 1 aromatic carbocycles. The number of anilines is 1. The monoisotopic (exact) mass is 404 g/mol. The molecular weight excluding hydrogens is 376 g/mol. The summed E-state index contributed by atoms with van der Waals surface area (Å²) < 4.78 is 5.27. The molecule has 8 heteroatoms. The predicted octanol–water partition coefficient (Wildman–Crippen LogP) is 2.68. The largest absolute Gasteiger partial charge is 0.495 e. The number of nitrogens with zero attached hydrogens (tertiary/aromatic N) is 1. The number of carbonyl (C=O) groups excluding carboxylic acids is 1. The van der Waals surface area contributed by atoms with Crippen LogP contribution in [-0.4, -0.2) is 37.2 Å². The van der Waals surface area contributed by atoms with Crippen molar-refractivity contribution < 1.29 is 14.6 Å². The molecule has 1 heterocycles. The fourth-order valence-electron chi connectivity index (χ4n) is 2.58. The third kappa shape index (κ3) is 6.24. The summed E-state index contributed by atoms with van der Waals surface area (Å²) >= 11 is 1.52. The van der Waals surface area contributed by atoms with E-state index in [4.69, 9.17) is 4.74 Å². The van der Waals surface area contributed by atoms with E-state index in [1.54, 1.807) is 20.1 Å². The van der Waals surface area contributed by atoms with Crippen molar-refractivity contribution in [3.63, 3.8) is 0 Å². The number of ether oxygens (including phenoxy) is 1. The Morgan fingerprint density at radius 3 is 2.71 bits per heavy atom. The normalized spacial score (nSPS) is 13.5. The lowest BCUT2D eigenvalue weighted by molar-refractivity contribution is -0.114. The van der Waals surface area contributed by atoms with Gasteiger partial charge in [-0.2, -0.15) is 0 Å². The number of aliphatic imine (C=N–C) groups is 1. The zero-order valence-corrected chi connectivity index (χ0v) is 17.5. The highest BCUT2D eigenvalue weighted by Gasteiger charge is 2.24. The quantitative estimate of drug-likeness (QED) is 0.401. The molecule has 0 aliphatic rings. The second-order valence-corrected chi connectivity index (χ2v) is 7.46. The second kappa shape index (κ2) is 10.1. The number of amides is 1. The Labute approximate surface area is 169 Å². The zero-order valence-electron chi connectivity index (χ0n) is 16.7. The fraction of sp³-hybridized carbons (Fsp3) is 0.400. The van der Waals surface area contributed by atoms with Crippen LogP contribution >= 0.6 is 11.3 Å². The van der Waals surface area contributed by atoms with Crippen LogP contribution < -0.4 is 20.7 Å². The van der Waals surface area contributed by atoms with Gasteiger partial charge in [-0.25, -0.2) is 4.99 Å². The van der Waals surface area contributed by atoms with Gasteiger partial charge < -0.3 is 25.8 Å². The standard InChI is InChI=1S/C20H28N4O3S/c1-5-21-19(23-13-20(3,26)18-7-6-10-28-18)22-12-15-8-9-17(27-4)16(11-15)24-14(2)25/h6-11,26H,5,12-13H2,1-4H3,(H,24,25)(H2,21,22,23). The zero-order chi connectivity index (χ0) is 20.6. The molecule has 2 aromatic rings. The van der Waals surface area contributed by atoms with Gasteiger partial charge in [-0.1, -0.05) is 12.1 Å². The molecule has 152 valence electrons. The molecule has 1 amide bonds. The van der Waals surface area contributed by atoms with Gasteiger partial charge in [0.25, 0.3) is 0 Å². The highest BCUT2D eigenvalue weighted by Crippen LogP contribution is 2.26. The maximum absolute atomic E-state index is 11.4. The predicted molar refractivity (Wildman–Crippen MR) is 114 cm³/mol. The third-order valence-corrected chi connectivity index (χ3v) is 5.11. The van der Waals surface area contributed by atoms with E-state index in [1.165, 1.54) is 18.3 Å². The van der Waals surface area contributed by atoms with Gasteiger partial charge in [0, 0.05) is 18.3 Å². The maximum atomic E-state index is 11.4. The number of carbonyl (C=O) groups is 1. The van der Waals surface area contributed by atoms with Crippen molar-refractivity contribution in [2.24, 2.45) is 4.99 Å². The van der Waals surface area contributed by atoms with Crippen LogP contribution in [0.3, 0.4) is 0 Å². The number of hydrogen-bond donors (Lipinski definition) is 4. The van der Waals surface area contributed by atoms with Crippen molar-refractivity contribution in [1.29, 1.82) is 0 Å². The summed E-state index contributed by atoms with van der Waals surface area (Å²) in [6, 6.07) is 9.38. The molecule has 0 saturated heterocycles. The van der Waals surface area contributed by atoms with E-state index in [0.717, 1.165) is 10.4 Å². The maximum Gasteiger partial charge on any atom is 0.221 e. The van der Waals surface area contributed by atoms with E-state index in [1.807, 2.05) is 36.6 Å². The first-order valence-corrected chi connectivity index (χ1v) is 9.96. The van der Waals surface area contributed by atoms with E-state index in [-0.39, 0.29) is 5.91 Å². The van der Waals surface area contributed by atoms with Crippen LogP contribution in [0.1, 0.15) is 31.2 Å². The van der Waals surface area contributed by atoms with E-state index in [0.29, 0.717) is 37.0 Å². The Balaban J connectivity index is 2.08. The van der Waals surface area contributed by atoms with E-state index in [2.05, 4.69) is 20.9 Å². The number of guanidine groups is 1. The van der Waals surface area contributed by atoms with Gasteiger partial charge in [-0.15, -0.1) is 11.3 Å². The molecule has 1 unspecified atom stereocenters. The summed E-state index contributed by atoms with van der Waals surface area (Å²) in [6.45, 7) is 6.66. The van der Waals surface area contributed by atoms with Gasteiger partial charge in [0.15, 0.2) is 5.96 Å². The van der Waals surface area contributed by atoms with Crippen molar-refractivity contribution in [1.82, 2.24) is 10.6 Å². The Bertz CT molecular complexity index is 804. The number of nitrogens with one attached hydrogen (secondary N) is 3. The number of aliphatic hydroxyl groups is 1.